The van der Waals surface area contributed by atoms with Crippen molar-refractivity contribution in [2.24, 2.45) is 34.5 Å². The van der Waals surface area contributed by atoms with E-state index in [-0.39, 0.29) is 41.4 Å². The second-order valence-electron chi connectivity index (χ2n) is 11.9. The number of hydrogen-bond acceptors (Lipinski definition) is 8. The minimum atomic E-state index is -1.55. The quantitative estimate of drug-likeness (QED) is 0.512. The van der Waals surface area contributed by atoms with Gasteiger partial charge in [0.2, 0.25) is 0 Å². The summed E-state index contributed by atoms with van der Waals surface area (Å²) in [6.07, 6.45) is 1.21. The van der Waals surface area contributed by atoms with Crippen molar-refractivity contribution in [2.45, 2.75) is 74.3 Å². The Labute approximate surface area is 196 Å². The van der Waals surface area contributed by atoms with Gasteiger partial charge >= 0.3 is 0 Å². The zero-order valence-electron chi connectivity index (χ0n) is 20.6. The molecule has 33 heavy (non-hydrogen) atoms. The third-order valence-electron chi connectivity index (χ3n) is 11.5. The molecule has 0 aromatic rings. The largest absolute Gasteiger partial charge is 0.392 e. The normalized spacial score (nSPS) is 60.9. The summed E-state index contributed by atoms with van der Waals surface area (Å²) in [5, 5.41) is 37.1. The molecule has 1 saturated heterocycles. The Morgan fingerprint density at radius 1 is 1.06 bits per heavy atom. The fraction of sp³-hybridized carbons (Fsp3) is 1.00. The molecule has 0 radical (unpaired) electrons. The summed E-state index contributed by atoms with van der Waals surface area (Å²) in [5.41, 5.74) is -3.70. The number of piperidine rings is 1. The number of nitrogens with zero attached hydrogens (tertiary/aromatic N) is 1. The number of hydrogen-bond donors (Lipinski definition) is 3. The molecule has 0 amide bonds. The Morgan fingerprint density at radius 3 is 2.42 bits per heavy atom. The van der Waals surface area contributed by atoms with Crippen LogP contribution in [0.1, 0.15) is 32.6 Å². The van der Waals surface area contributed by atoms with E-state index >= 15 is 0 Å². The maximum atomic E-state index is 12.9. The predicted molar refractivity (Wildman–Crippen MR) is 119 cm³/mol. The molecule has 188 valence electrons. The van der Waals surface area contributed by atoms with Crippen LogP contribution < -0.4 is 0 Å². The summed E-state index contributed by atoms with van der Waals surface area (Å²) in [5.74, 6) is -0.492. The second kappa shape index (κ2) is 7.13. The average Bonchev–Trinajstić information content (AvgIpc) is 3.16. The van der Waals surface area contributed by atoms with Crippen molar-refractivity contribution in [3.05, 3.63) is 0 Å². The monoisotopic (exact) mass is 467 g/mol. The van der Waals surface area contributed by atoms with Crippen molar-refractivity contribution in [3.8, 4) is 0 Å². The van der Waals surface area contributed by atoms with Crippen molar-refractivity contribution in [1.82, 2.24) is 4.90 Å². The molecule has 5 aliphatic carbocycles. The van der Waals surface area contributed by atoms with Gasteiger partial charge in [-0.05, 0) is 31.7 Å². The summed E-state index contributed by atoms with van der Waals surface area (Å²) in [7, 11) is 6.85. The zero-order valence-corrected chi connectivity index (χ0v) is 20.6. The molecule has 1 unspecified atom stereocenters. The molecule has 0 aromatic heterocycles. The number of aliphatic hydroxyl groups is 3. The first-order valence-corrected chi connectivity index (χ1v) is 12.7. The maximum absolute atomic E-state index is 12.9. The highest BCUT2D eigenvalue weighted by atomic mass is 16.5. The van der Waals surface area contributed by atoms with Crippen LogP contribution in [0, 0.1) is 34.5 Å². The van der Waals surface area contributed by atoms with Gasteiger partial charge in [-0.3, -0.25) is 4.90 Å². The van der Waals surface area contributed by atoms with Crippen LogP contribution in [0.4, 0.5) is 0 Å². The molecular weight excluding hydrogens is 426 g/mol. The van der Waals surface area contributed by atoms with E-state index in [1.165, 1.54) is 0 Å². The van der Waals surface area contributed by atoms with Crippen LogP contribution in [0.25, 0.3) is 0 Å². The topological polar surface area (TPSA) is 101 Å². The molecule has 6 fully saturated rings. The van der Waals surface area contributed by atoms with Gasteiger partial charge in [0.05, 0.1) is 37.1 Å². The van der Waals surface area contributed by atoms with Crippen LogP contribution in [0.2, 0.25) is 0 Å². The molecule has 1 heterocycles. The van der Waals surface area contributed by atoms with Gasteiger partial charge in [-0.2, -0.15) is 0 Å². The molecule has 1 spiro atoms. The Bertz CT molecular complexity index is 814. The van der Waals surface area contributed by atoms with E-state index in [2.05, 4.69) is 11.8 Å². The smallest absolute Gasteiger partial charge is 0.136 e. The first kappa shape index (κ1) is 23.1. The van der Waals surface area contributed by atoms with Crippen LogP contribution in [-0.4, -0.2) is 110 Å². The third kappa shape index (κ3) is 2.20. The molecular formula is C25H41NO7. The number of rotatable bonds is 6. The van der Waals surface area contributed by atoms with Gasteiger partial charge in [-0.15, -0.1) is 0 Å². The Kier molecular flexibility index (Phi) is 4.99. The van der Waals surface area contributed by atoms with E-state index in [4.69, 9.17) is 18.9 Å². The number of likely N-dealkylation sites (tertiary alicyclic amines) is 1. The summed E-state index contributed by atoms with van der Waals surface area (Å²) >= 11 is 0. The fourth-order valence-electron chi connectivity index (χ4n) is 11.0. The predicted octanol–water partition coefficient (Wildman–Crippen LogP) is 0.271. The van der Waals surface area contributed by atoms with Gasteiger partial charge in [-0.25, -0.2) is 0 Å². The highest BCUT2D eigenvalue weighted by Gasteiger charge is 2.91. The average molecular weight is 468 g/mol. The van der Waals surface area contributed by atoms with Crippen LogP contribution in [-0.2, 0) is 18.9 Å². The van der Waals surface area contributed by atoms with Gasteiger partial charge in [-0.1, -0.05) is 6.92 Å². The summed E-state index contributed by atoms with van der Waals surface area (Å²) in [6.45, 7) is 4.28. The molecule has 13 atom stereocenters. The third-order valence-corrected chi connectivity index (χ3v) is 11.5. The van der Waals surface area contributed by atoms with E-state index in [0.717, 1.165) is 32.4 Å². The van der Waals surface area contributed by atoms with Gasteiger partial charge in [0.15, 0.2) is 0 Å². The number of aliphatic hydroxyl groups excluding tert-OH is 1. The maximum Gasteiger partial charge on any atom is 0.136 e. The van der Waals surface area contributed by atoms with Gasteiger partial charge in [0.1, 0.15) is 11.2 Å². The van der Waals surface area contributed by atoms with Crippen molar-refractivity contribution in [3.63, 3.8) is 0 Å². The van der Waals surface area contributed by atoms with Crippen molar-refractivity contribution < 1.29 is 34.3 Å². The van der Waals surface area contributed by atoms with Gasteiger partial charge in [0, 0.05) is 70.0 Å². The Balaban J connectivity index is 1.68. The van der Waals surface area contributed by atoms with Gasteiger partial charge in [0.25, 0.3) is 0 Å². The fourth-order valence-corrected chi connectivity index (χ4v) is 11.0. The zero-order chi connectivity index (χ0) is 23.6. The second-order valence-corrected chi connectivity index (χ2v) is 11.9. The van der Waals surface area contributed by atoms with E-state index in [9.17, 15) is 15.3 Å². The SMILES string of the molecule is CCN1C[C@@]2(COC)CC[C@@H](OC)[C@@]34C1[C@@](O)([C@@H](OC)[C@@H]23)[C@]1(O)C[C@@H](OC)[C@@H]2C[C@H]4[C@H]1[C@@H]2O. The summed E-state index contributed by atoms with van der Waals surface area (Å²) in [4.78, 5) is 2.38. The van der Waals surface area contributed by atoms with E-state index < -0.39 is 34.7 Å². The molecule has 5 saturated carbocycles. The van der Waals surface area contributed by atoms with E-state index in [1.54, 1.807) is 28.4 Å². The highest BCUT2D eigenvalue weighted by molar-refractivity contribution is 5.41. The lowest BCUT2D eigenvalue weighted by molar-refractivity contribution is -0.318. The Hall–Kier alpha value is -0.320. The van der Waals surface area contributed by atoms with Gasteiger partial charge < -0.3 is 34.3 Å². The molecule has 1 aliphatic heterocycles. The highest BCUT2D eigenvalue weighted by Crippen LogP contribution is 2.80. The van der Waals surface area contributed by atoms with Crippen molar-refractivity contribution >= 4 is 0 Å². The minimum Gasteiger partial charge on any atom is -0.392 e. The molecule has 8 heteroatoms. The number of fused-ring (bicyclic) bond motifs is 2. The first-order valence-electron chi connectivity index (χ1n) is 12.7. The van der Waals surface area contributed by atoms with E-state index in [0.29, 0.717) is 13.0 Å². The van der Waals surface area contributed by atoms with Crippen LogP contribution in [0.5, 0.6) is 0 Å². The van der Waals surface area contributed by atoms with Crippen molar-refractivity contribution in [2.75, 3.05) is 48.1 Å². The summed E-state index contributed by atoms with van der Waals surface area (Å²) < 4.78 is 24.2. The van der Waals surface area contributed by atoms with Crippen molar-refractivity contribution in [1.29, 1.82) is 0 Å². The van der Waals surface area contributed by atoms with Crippen LogP contribution >= 0.6 is 0 Å². The van der Waals surface area contributed by atoms with Crippen LogP contribution in [0.15, 0.2) is 0 Å². The minimum absolute atomic E-state index is 0.00825. The number of ether oxygens (including phenoxy) is 4. The lowest BCUT2D eigenvalue weighted by Crippen LogP contribution is -2.82. The molecule has 6 aliphatic rings. The molecule has 7 bridgehead atoms. The van der Waals surface area contributed by atoms with E-state index in [1.807, 2.05) is 0 Å². The standard InChI is InChI=1S/C25H41NO7/c1-6-26-11-22(12-30-2)8-7-16(32-4)24-14-9-13-15(31-3)10-23(28,17(14)18(13)27)25(29,21(24)26)20(33-5)19(22)24/h13-21,27-29H,6-12H2,1-5H3/t13-,14-,15+,16+,17-,18+,19-,20-,21?,22+,23-,24+,25-/m0/s1. The lowest BCUT2D eigenvalue weighted by Gasteiger charge is -2.70. The molecule has 3 N–H and O–H groups in total. The Morgan fingerprint density at radius 2 is 1.82 bits per heavy atom. The molecule has 6 rings (SSSR count). The number of likely N-dealkylation sites (N-methyl/N-ethyl adjacent to an activating group) is 1. The number of methoxy groups -OCH3 is 4. The summed E-state index contributed by atoms with van der Waals surface area (Å²) in [6, 6.07) is -0.312. The first-order chi connectivity index (χ1) is 15.8. The van der Waals surface area contributed by atoms with Crippen LogP contribution in [0.3, 0.4) is 0 Å². The molecule has 0 aromatic carbocycles. The lowest BCUT2D eigenvalue weighted by atomic mass is 9.42. The molecule has 8 nitrogen and oxygen atoms in total.